The zero-order valence-electron chi connectivity index (χ0n) is 12.4. The molecule has 1 amide bonds. The van der Waals surface area contributed by atoms with E-state index in [4.69, 9.17) is 11.6 Å². The molecular formula is C17H17ClFNOS. The van der Waals surface area contributed by atoms with E-state index in [0.29, 0.717) is 22.0 Å². The number of amides is 1. The molecule has 1 atom stereocenters. The van der Waals surface area contributed by atoms with Crippen molar-refractivity contribution in [1.82, 2.24) is 0 Å². The Bertz CT molecular complexity index is 677. The van der Waals surface area contributed by atoms with E-state index < -0.39 is 0 Å². The second-order valence-corrected chi connectivity index (χ2v) is 6.80. The maximum atomic E-state index is 13.5. The molecule has 0 fully saturated rings. The van der Waals surface area contributed by atoms with Crippen molar-refractivity contribution in [3.63, 3.8) is 0 Å². The molecule has 0 aliphatic rings. The first-order valence-corrected chi connectivity index (χ1v) is 8.31. The average Bonchev–Trinajstić information content (AvgIpc) is 2.48. The molecule has 2 aromatic rings. The number of benzene rings is 2. The SMILES string of the molecule is Cc1ccc(NC(=O)C(C)SCc2cccc(Cl)c2)cc1F. The maximum Gasteiger partial charge on any atom is 0.237 e. The smallest absolute Gasteiger partial charge is 0.237 e. The van der Waals surface area contributed by atoms with Crippen molar-refractivity contribution in [3.8, 4) is 0 Å². The van der Waals surface area contributed by atoms with Crippen LogP contribution >= 0.6 is 23.4 Å². The van der Waals surface area contributed by atoms with Crippen molar-refractivity contribution >= 4 is 35.0 Å². The van der Waals surface area contributed by atoms with Gasteiger partial charge in [-0.1, -0.05) is 29.8 Å². The lowest BCUT2D eigenvalue weighted by Gasteiger charge is -2.12. The summed E-state index contributed by atoms with van der Waals surface area (Å²) in [6.07, 6.45) is 0. The highest BCUT2D eigenvalue weighted by Gasteiger charge is 2.14. The van der Waals surface area contributed by atoms with Crippen LogP contribution in [0.25, 0.3) is 0 Å². The average molecular weight is 338 g/mol. The van der Waals surface area contributed by atoms with Crippen LogP contribution < -0.4 is 5.32 Å². The predicted octanol–water partition coefficient (Wildman–Crippen LogP) is 5.05. The van der Waals surface area contributed by atoms with Crippen molar-refractivity contribution in [2.24, 2.45) is 0 Å². The molecule has 2 aromatic carbocycles. The molecule has 0 saturated heterocycles. The fourth-order valence-electron chi connectivity index (χ4n) is 1.84. The number of hydrogen-bond donors (Lipinski definition) is 1. The molecule has 116 valence electrons. The minimum atomic E-state index is -0.322. The highest BCUT2D eigenvalue weighted by atomic mass is 35.5. The van der Waals surface area contributed by atoms with Gasteiger partial charge in [0.1, 0.15) is 5.82 Å². The van der Waals surface area contributed by atoms with E-state index in [1.165, 1.54) is 17.8 Å². The molecule has 0 spiro atoms. The van der Waals surface area contributed by atoms with E-state index in [0.717, 1.165) is 5.56 Å². The van der Waals surface area contributed by atoms with Gasteiger partial charge in [-0.25, -0.2) is 4.39 Å². The minimum absolute atomic E-state index is 0.143. The van der Waals surface area contributed by atoms with Gasteiger partial charge in [0.15, 0.2) is 0 Å². The van der Waals surface area contributed by atoms with Gasteiger partial charge in [-0.15, -0.1) is 11.8 Å². The third kappa shape index (κ3) is 4.75. The summed E-state index contributed by atoms with van der Waals surface area (Å²) in [6, 6.07) is 12.2. The van der Waals surface area contributed by atoms with Crippen LogP contribution in [0.5, 0.6) is 0 Å². The van der Waals surface area contributed by atoms with Crippen LogP contribution in [0, 0.1) is 12.7 Å². The number of thioether (sulfide) groups is 1. The Kier molecular flexibility index (Phi) is 5.86. The summed E-state index contributed by atoms with van der Waals surface area (Å²) < 4.78 is 13.5. The fourth-order valence-corrected chi connectivity index (χ4v) is 2.88. The number of carbonyl (C=O) groups is 1. The van der Waals surface area contributed by atoms with Crippen LogP contribution in [0.3, 0.4) is 0 Å². The molecule has 2 rings (SSSR count). The summed E-state index contributed by atoms with van der Waals surface area (Å²) >= 11 is 7.44. The largest absolute Gasteiger partial charge is 0.325 e. The van der Waals surface area contributed by atoms with Gasteiger partial charge in [-0.2, -0.15) is 0 Å². The Morgan fingerprint density at radius 2 is 2.09 bits per heavy atom. The Balaban J connectivity index is 1.90. The number of halogens is 2. The molecule has 2 nitrogen and oxygen atoms in total. The fraction of sp³-hybridized carbons (Fsp3) is 0.235. The van der Waals surface area contributed by atoms with Crippen molar-refractivity contribution < 1.29 is 9.18 Å². The first-order chi connectivity index (χ1) is 10.5. The van der Waals surface area contributed by atoms with Crippen LogP contribution in [-0.4, -0.2) is 11.2 Å². The number of anilines is 1. The molecular weight excluding hydrogens is 321 g/mol. The van der Waals surface area contributed by atoms with Gasteiger partial charge >= 0.3 is 0 Å². The first-order valence-electron chi connectivity index (χ1n) is 6.89. The predicted molar refractivity (Wildman–Crippen MR) is 92.0 cm³/mol. The second kappa shape index (κ2) is 7.65. The van der Waals surface area contributed by atoms with Crippen LogP contribution in [0.1, 0.15) is 18.1 Å². The van der Waals surface area contributed by atoms with Gasteiger partial charge in [0.2, 0.25) is 5.91 Å². The molecule has 1 unspecified atom stereocenters. The summed E-state index contributed by atoms with van der Waals surface area (Å²) in [5.41, 5.74) is 2.10. The summed E-state index contributed by atoms with van der Waals surface area (Å²) in [6.45, 7) is 3.51. The number of hydrogen-bond acceptors (Lipinski definition) is 2. The molecule has 22 heavy (non-hydrogen) atoms. The normalized spacial score (nSPS) is 12.0. The highest BCUT2D eigenvalue weighted by Crippen LogP contribution is 2.22. The minimum Gasteiger partial charge on any atom is -0.325 e. The van der Waals surface area contributed by atoms with Crippen LogP contribution in [-0.2, 0) is 10.5 Å². The van der Waals surface area contributed by atoms with Gasteiger partial charge in [-0.05, 0) is 49.2 Å². The number of nitrogens with one attached hydrogen (secondary N) is 1. The van der Waals surface area contributed by atoms with Crippen LogP contribution in [0.4, 0.5) is 10.1 Å². The zero-order chi connectivity index (χ0) is 16.1. The van der Waals surface area contributed by atoms with E-state index in [-0.39, 0.29) is 17.0 Å². The molecule has 5 heteroatoms. The molecule has 0 radical (unpaired) electrons. The molecule has 0 bridgehead atoms. The Hall–Kier alpha value is -1.52. The van der Waals surface area contributed by atoms with E-state index in [1.54, 1.807) is 19.1 Å². The summed E-state index contributed by atoms with van der Waals surface area (Å²) in [5, 5.41) is 3.17. The van der Waals surface area contributed by atoms with Gasteiger partial charge in [0.05, 0.1) is 5.25 Å². The topological polar surface area (TPSA) is 29.1 Å². The standard InChI is InChI=1S/C17H17ClFNOS/c1-11-6-7-15(9-16(11)19)20-17(21)12(2)22-10-13-4-3-5-14(18)8-13/h3-9,12H,10H2,1-2H3,(H,20,21). The zero-order valence-corrected chi connectivity index (χ0v) is 14.0. The summed E-state index contributed by atoms with van der Waals surface area (Å²) in [7, 11) is 0. The van der Waals surface area contributed by atoms with Crippen molar-refractivity contribution in [2.75, 3.05) is 5.32 Å². The highest BCUT2D eigenvalue weighted by molar-refractivity contribution is 7.99. The van der Waals surface area contributed by atoms with Gasteiger partial charge in [-0.3, -0.25) is 4.79 Å². The van der Waals surface area contributed by atoms with E-state index >= 15 is 0 Å². The number of carbonyl (C=O) groups excluding carboxylic acids is 1. The lowest BCUT2D eigenvalue weighted by Crippen LogP contribution is -2.22. The quantitative estimate of drug-likeness (QED) is 0.827. The monoisotopic (exact) mass is 337 g/mol. The van der Waals surface area contributed by atoms with E-state index in [2.05, 4.69) is 5.32 Å². The molecule has 0 saturated carbocycles. The molecule has 0 aromatic heterocycles. The molecule has 0 aliphatic heterocycles. The number of rotatable bonds is 5. The van der Waals surface area contributed by atoms with E-state index in [9.17, 15) is 9.18 Å². The first kappa shape index (κ1) is 16.8. The van der Waals surface area contributed by atoms with Crippen molar-refractivity contribution in [3.05, 3.63) is 64.4 Å². The third-order valence-corrected chi connectivity index (χ3v) is 4.65. The Morgan fingerprint density at radius 3 is 2.77 bits per heavy atom. The Labute approximate surface area is 139 Å². The van der Waals surface area contributed by atoms with Crippen molar-refractivity contribution in [2.45, 2.75) is 24.9 Å². The summed E-state index contributed by atoms with van der Waals surface area (Å²) in [5.74, 6) is 0.226. The lowest BCUT2D eigenvalue weighted by molar-refractivity contribution is -0.115. The summed E-state index contributed by atoms with van der Waals surface area (Å²) in [4.78, 5) is 12.1. The maximum absolute atomic E-state index is 13.5. The molecule has 0 heterocycles. The van der Waals surface area contributed by atoms with Crippen LogP contribution in [0.15, 0.2) is 42.5 Å². The van der Waals surface area contributed by atoms with Crippen molar-refractivity contribution in [1.29, 1.82) is 0 Å². The van der Waals surface area contributed by atoms with Gasteiger partial charge in [0.25, 0.3) is 0 Å². The van der Waals surface area contributed by atoms with Crippen LogP contribution in [0.2, 0.25) is 5.02 Å². The lowest BCUT2D eigenvalue weighted by atomic mass is 10.2. The molecule has 0 aliphatic carbocycles. The second-order valence-electron chi connectivity index (χ2n) is 5.04. The van der Waals surface area contributed by atoms with E-state index in [1.807, 2.05) is 31.2 Å². The Morgan fingerprint density at radius 1 is 1.32 bits per heavy atom. The number of aryl methyl sites for hydroxylation is 1. The third-order valence-electron chi connectivity index (χ3n) is 3.20. The van der Waals surface area contributed by atoms with Gasteiger partial charge in [0, 0.05) is 16.5 Å². The van der Waals surface area contributed by atoms with Gasteiger partial charge < -0.3 is 5.32 Å². The molecule has 1 N–H and O–H groups in total.